The van der Waals surface area contributed by atoms with Crippen molar-refractivity contribution in [2.45, 2.75) is 24.1 Å². The van der Waals surface area contributed by atoms with E-state index in [0.29, 0.717) is 11.3 Å². The minimum Gasteiger partial charge on any atom is -0.269 e. The van der Waals surface area contributed by atoms with E-state index in [1.54, 1.807) is 5.01 Å². The molecule has 0 amide bonds. The molecule has 1 saturated carbocycles. The standard InChI is InChI=1S/C5H12N2S/c1-7(6)4-2-5(8)3-4/h4-5,8H,2-3,6H2,1H3. The Hall–Kier alpha value is 0.270. The summed E-state index contributed by atoms with van der Waals surface area (Å²) in [4.78, 5) is 0. The number of hydrogen-bond donors (Lipinski definition) is 2. The highest BCUT2D eigenvalue weighted by Gasteiger charge is 2.27. The average molecular weight is 132 g/mol. The first kappa shape index (κ1) is 6.39. The van der Waals surface area contributed by atoms with Crippen LogP contribution in [0.15, 0.2) is 0 Å². The monoisotopic (exact) mass is 132 g/mol. The highest BCUT2D eigenvalue weighted by atomic mass is 32.1. The third kappa shape index (κ3) is 1.16. The summed E-state index contributed by atoms with van der Waals surface area (Å²) in [6, 6.07) is 0.595. The summed E-state index contributed by atoms with van der Waals surface area (Å²) in [5.41, 5.74) is 0. The first-order chi connectivity index (χ1) is 3.70. The lowest BCUT2D eigenvalue weighted by Crippen LogP contribution is -2.46. The minimum absolute atomic E-state index is 0.595. The van der Waals surface area contributed by atoms with Crippen molar-refractivity contribution in [1.29, 1.82) is 0 Å². The molecule has 0 aromatic carbocycles. The molecule has 1 fully saturated rings. The molecule has 8 heavy (non-hydrogen) atoms. The predicted molar refractivity (Wildman–Crippen MR) is 37.7 cm³/mol. The van der Waals surface area contributed by atoms with Gasteiger partial charge < -0.3 is 0 Å². The molecule has 0 saturated heterocycles. The van der Waals surface area contributed by atoms with Crippen LogP contribution in [-0.2, 0) is 0 Å². The van der Waals surface area contributed by atoms with Crippen molar-refractivity contribution in [2.24, 2.45) is 5.84 Å². The SMILES string of the molecule is CN(N)C1CC(S)C1. The van der Waals surface area contributed by atoms with Crippen LogP contribution in [0.25, 0.3) is 0 Å². The molecule has 0 aromatic rings. The lowest BCUT2D eigenvalue weighted by atomic mass is 9.92. The van der Waals surface area contributed by atoms with Crippen LogP contribution in [0.1, 0.15) is 12.8 Å². The molecule has 1 aliphatic carbocycles. The Morgan fingerprint density at radius 3 is 2.25 bits per heavy atom. The molecule has 2 N–H and O–H groups in total. The van der Waals surface area contributed by atoms with Crippen LogP contribution < -0.4 is 5.84 Å². The number of hydrazine groups is 1. The van der Waals surface area contributed by atoms with Crippen LogP contribution >= 0.6 is 12.6 Å². The molecule has 0 spiro atoms. The number of nitrogens with zero attached hydrogens (tertiary/aromatic N) is 1. The van der Waals surface area contributed by atoms with Gasteiger partial charge in [0.1, 0.15) is 0 Å². The largest absolute Gasteiger partial charge is 0.269 e. The van der Waals surface area contributed by atoms with E-state index in [-0.39, 0.29) is 0 Å². The normalized spacial score (nSPS) is 37.5. The fourth-order valence-corrected chi connectivity index (χ4v) is 1.38. The molecule has 1 aliphatic rings. The fraction of sp³-hybridized carbons (Fsp3) is 1.00. The molecule has 0 unspecified atom stereocenters. The van der Waals surface area contributed by atoms with Gasteiger partial charge in [0.25, 0.3) is 0 Å². The van der Waals surface area contributed by atoms with Crippen LogP contribution in [0.5, 0.6) is 0 Å². The second-order valence-corrected chi connectivity index (χ2v) is 3.17. The molecule has 0 heterocycles. The maximum atomic E-state index is 5.46. The molecular weight excluding hydrogens is 120 g/mol. The van der Waals surface area contributed by atoms with E-state index in [1.165, 1.54) is 0 Å². The summed E-state index contributed by atoms with van der Waals surface area (Å²) in [5.74, 6) is 5.46. The Bertz CT molecular complexity index is 78.5. The smallest absolute Gasteiger partial charge is 0.0258 e. The molecule has 48 valence electrons. The van der Waals surface area contributed by atoms with E-state index in [1.807, 2.05) is 7.05 Å². The zero-order valence-electron chi connectivity index (χ0n) is 5.04. The van der Waals surface area contributed by atoms with Crippen LogP contribution in [0.2, 0.25) is 0 Å². The molecule has 0 atom stereocenters. The fourth-order valence-electron chi connectivity index (χ4n) is 0.892. The zero-order chi connectivity index (χ0) is 6.15. The van der Waals surface area contributed by atoms with Gasteiger partial charge in [0.05, 0.1) is 0 Å². The molecule has 2 nitrogen and oxygen atoms in total. The van der Waals surface area contributed by atoms with E-state index >= 15 is 0 Å². The van der Waals surface area contributed by atoms with E-state index in [9.17, 15) is 0 Å². The van der Waals surface area contributed by atoms with Gasteiger partial charge in [0, 0.05) is 18.3 Å². The first-order valence-electron chi connectivity index (χ1n) is 2.85. The Morgan fingerprint density at radius 1 is 1.62 bits per heavy atom. The zero-order valence-corrected chi connectivity index (χ0v) is 5.94. The number of rotatable bonds is 1. The van der Waals surface area contributed by atoms with Gasteiger partial charge >= 0.3 is 0 Å². The molecule has 0 aromatic heterocycles. The highest BCUT2D eigenvalue weighted by molar-refractivity contribution is 7.81. The maximum absolute atomic E-state index is 5.46. The van der Waals surface area contributed by atoms with E-state index < -0.39 is 0 Å². The minimum atomic E-state index is 0.595. The van der Waals surface area contributed by atoms with Crippen molar-refractivity contribution < 1.29 is 0 Å². The molecule has 0 radical (unpaired) electrons. The van der Waals surface area contributed by atoms with Gasteiger partial charge in [-0.15, -0.1) is 0 Å². The van der Waals surface area contributed by atoms with Gasteiger partial charge in [-0.3, -0.25) is 5.84 Å². The molecule has 1 rings (SSSR count). The van der Waals surface area contributed by atoms with Gasteiger partial charge in [0.2, 0.25) is 0 Å². The van der Waals surface area contributed by atoms with Crippen molar-refractivity contribution in [1.82, 2.24) is 5.01 Å². The van der Waals surface area contributed by atoms with E-state index in [4.69, 9.17) is 5.84 Å². The maximum Gasteiger partial charge on any atom is 0.0258 e. The van der Waals surface area contributed by atoms with Crippen LogP contribution in [0.3, 0.4) is 0 Å². The van der Waals surface area contributed by atoms with Crippen molar-refractivity contribution in [3.63, 3.8) is 0 Å². The Morgan fingerprint density at radius 2 is 2.12 bits per heavy atom. The lowest BCUT2D eigenvalue weighted by Gasteiger charge is -2.36. The Balaban J connectivity index is 2.15. The second-order valence-electron chi connectivity index (χ2n) is 2.44. The lowest BCUT2D eigenvalue weighted by molar-refractivity contribution is 0.169. The summed E-state index contributed by atoms with van der Waals surface area (Å²) in [7, 11) is 1.91. The summed E-state index contributed by atoms with van der Waals surface area (Å²) >= 11 is 4.26. The summed E-state index contributed by atoms with van der Waals surface area (Å²) in [5, 5.41) is 2.37. The van der Waals surface area contributed by atoms with Crippen LogP contribution in [0.4, 0.5) is 0 Å². The molecule has 0 bridgehead atoms. The summed E-state index contributed by atoms with van der Waals surface area (Å²) in [6.07, 6.45) is 2.30. The van der Waals surface area contributed by atoms with Crippen LogP contribution in [0, 0.1) is 0 Å². The van der Waals surface area contributed by atoms with Crippen LogP contribution in [-0.4, -0.2) is 23.3 Å². The molecule has 3 heteroatoms. The Labute approximate surface area is 55.4 Å². The quantitative estimate of drug-likeness (QED) is 0.304. The van der Waals surface area contributed by atoms with Crippen molar-refractivity contribution in [3.8, 4) is 0 Å². The second kappa shape index (κ2) is 2.25. The summed E-state index contributed by atoms with van der Waals surface area (Å²) in [6.45, 7) is 0. The summed E-state index contributed by atoms with van der Waals surface area (Å²) < 4.78 is 0. The molecule has 0 aliphatic heterocycles. The van der Waals surface area contributed by atoms with Gasteiger partial charge in [0.15, 0.2) is 0 Å². The van der Waals surface area contributed by atoms with E-state index in [0.717, 1.165) is 12.8 Å². The van der Waals surface area contributed by atoms with Crippen molar-refractivity contribution >= 4 is 12.6 Å². The predicted octanol–water partition coefficient (Wildman–Crippen LogP) is 0.253. The van der Waals surface area contributed by atoms with Crippen molar-refractivity contribution in [3.05, 3.63) is 0 Å². The van der Waals surface area contributed by atoms with Gasteiger partial charge in [-0.25, -0.2) is 5.01 Å². The van der Waals surface area contributed by atoms with Gasteiger partial charge in [-0.05, 0) is 12.8 Å². The number of thiol groups is 1. The average Bonchev–Trinajstić information content (AvgIpc) is 1.57. The number of hydrogen-bond acceptors (Lipinski definition) is 3. The first-order valence-corrected chi connectivity index (χ1v) is 3.37. The van der Waals surface area contributed by atoms with Crippen molar-refractivity contribution in [2.75, 3.05) is 7.05 Å². The third-order valence-corrected chi connectivity index (χ3v) is 2.09. The topological polar surface area (TPSA) is 29.3 Å². The van der Waals surface area contributed by atoms with Gasteiger partial charge in [-0.2, -0.15) is 12.6 Å². The van der Waals surface area contributed by atoms with Gasteiger partial charge in [-0.1, -0.05) is 0 Å². The van der Waals surface area contributed by atoms with E-state index in [2.05, 4.69) is 12.6 Å². The number of nitrogens with two attached hydrogens (primary N) is 1. The molecular formula is C5H12N2S. The Kier molecular flexibility index (Phi) is 1.80. The highest BCUT2D eigenvalue weighted by Crippen LogP contribution is 2.27. The third-order valence-electron chi connectivity index (χ3n) is 1.66.